The number of halogens is 1. The molecule has 0 bridgehead atoms. The summed E-state index contributed by atoms with van der Waals surface area (Å²) in [6.45, 7) is 3.20. The molecule has 6 nitrogen and oxygen atoms in total. The van der Waals surface area contributed by atoms with Gasteiger partial charge in [-0.1, -0.05) is 29.8 Å². The summed E-state index contributed by atoms with van der Waals surface area (Å²) in [7, 11) is 2.98. The highest BCUT2D eigenvalue weighted by atomic mass is 35.5. The number of allylic oxidation sites excluding steroid dienone is 1. The van der Waals surface area contributed by atoms with E-state index >= 15 is 0 Å². The summed E-state index contributed by atoms with van der Waals surface area (Å²) in [4.78, 5) is 15.1. The molecule has 0 atom stereocenters. The number of ether oxygens (including phenoxy) is 3. The number of phenolic OH excluding ortho intramolecular Hbond substituents is 1. The fraction of sp³-hybridized carbons (Fsp3) is 0.318. The fourth-order valence-corrected chi connectivity index (χ4v) is 3.44. The van der Waals surface area contributed by atoms with E-state index in [1.165, 1.54) is 20.3 Å². The van der Waals surface area contributed by atoms with Crippen LogP contribution in [-0.2, 0) is 11.3 Å². The van der Waals surface area contributed by atoms with Gasteiger partial charge in [-0.25, -0.2) is 0 Å². The number of carbonyl (C=O) groups excluding carboxylic acids is 1. The Morgan fingerprint density at radius 1 is 1.21 bits per heavy atom. The van der Waals surface area contributed by atoms with Crippen LogP contribution in [-0.4, -0.2) is 56.3 Å². The van der Waals surface area contributed by atoms with Crippen LogP contribution in [0.5, 0.6) is 17.2 Å². The van der Waals surface area contributed by atoms with Gasteiger partial charge in [0.25, 0.3) is 0 Å². The molecule has 29 heavy (non-hydrogen) atoms. The van der Waals surface area contributed by atoms with Crippen LogP contribution in [0.2, 0.25) is 5.02 Å². The van der Waals surface area contributed by atoms with Crippen molar-refractivity contribution in [2.75, 3.05) is 40.5 Å². The molecule has 1 heterocycles. The number of methoxy groups -OCH3 is 2. The number of morpholine rings is 1. The van der Waals surface area contributed by atoms with Gasteiger partial charge in [-0.3, -0.25) is 9.69 Å². The van der Waals surface area contributed by atoms with Crippen molar-refractivity contribution in [3.05, 3.63) is 58.1 Å². The summed E-state index contributed by atoms with van der Waals surface area (Å²) >= 11 is 5.99. The first-order valence-corrected chi connectivity index (χ1v) is 9.66. The van der Waals surface area contributed by atoms with Crippen LogP contribution in [0.3, 0.4) is 0 Å². The van der Waals surface area contributed by atoms with Gasteiger partial charge in [0.2, 0.25) is 0 Å². The van der Waals surface area contributed by atoms with E-state index in [1.54, 1.807) is 30.3 Å². The number of ketones is 1. The van der Waals surface area contributed by atoms with Crippen LogP contribution >= 0.6 is 11.6 Å². The standard InChI is InChI=1S/C22H24ClNO5/c1-27-19-13-20(28-2)21(18(25)7-6-15-4-3-5-16(23)12-15)22(26)17(19)14-24-8-10-29-11-9-24/h3-7,12-13,26H,8-11,14H2,1-2H3/b7-6+. The second kappa shape index (κ2) is 9.78. The molecule has 0 spiro atoms. The molecular weight excluding hydrogens is 394 g/mol. The predicted molar refractivity (Wildman–Crippen MR) is 112 cm³/mol. The lowest BCUT2D eigenvalue weighted by atomic mass is 10.0. The quantitative estimate of drug-likeness (QED) is 0.546. The zero-order chi connectivity index (χ0) is 20.8. The smallest absolute Gasteiger partial charge is 0.193 e. The topological polar surface area (TPSA) is 68.2 Å². The van der Waals surface area contributed by atoms with Crippen LogP contribution in [0.25, 0.3) is 6.08 Å². The molecule has 7 heteroatoms. The molecule has 3 rings (SSSR count). The minimum atomic E-state index is -0.370. The number of hydrogen-bond acceptors (Lipinski definition) is 6. The molecule has 1 fully saturated rings. The lowest BCUT2D eigenvalue weighted by Crippen LogP contribution is -2.35. The molecule has 1 saturated heterocycles. The van der Waals surface area contributed by atoms with Crippen LogP contribution in [0.4, 0.5) is 0 Å². The van der Waals surface area contributed by atoms with Crippen molar-refractivity contribution < 1.29 is 24.1 Å². The van der Waals surface area contributed by atoms with Crippen molar-refractivity contribution in [2.24, 2.45) is 0 Å². The molecule has 0 amide bonds. The van der Waals surface area contributed by atoms with Crippen molar-refractivity contribution in [1.29, 1.82) is 0 Å². The van der Waals surface area contributed by atoms with Crippen molar-refractivity contribution in [3.8, 4) is 17.2 Å². The zero-order valence-corrected chi connectivity index (χ0v) is 17.2. The second-order valence-electron chi connectivity index (χ2n) is 6.62. The van der Waals surface area contributed by atoms with Crippen LogP contribution in [0, 0.1) is 0 Å². The SMILES string of the molecule is COc1cc(OC)c(C(=O)/C=C/c2cccc(Cl)c2)c(O)c1CN1CCOCC1. The molecular formula is C22H24ClNO5. The van der Waals surface area contributed by atoms with E-state index in [0.717, 1.165) is 18.7 Å². The van der Waals surface area contributed by atoms with E-state index in [9.17, 15) is 9.90 Å². The Labute approximate surface area is 175 Å². The number of rotatable bonds is 7. The van der Waals surface area contributed by atoms with Gasteiger partial charge in [-0.2, -0.15) is 0 Å². The minimum Gasteiger partial charge on any atom is -0.507 e. The average molecular weight is 418 g/mol. The van der Waals surface area contributed by atoms with E-state index in [1.807, 2.05) is 6.07 Å². The Morgan fingerprint density at radius 2 is 1.93 bits per heavy atom. The molecule has 2 aromatic carbocycles. The number of aromatic hydroxyl groups is 1. The van der Waals surface area contributed by atoms with Gasteiger partial charge in [-0.15, -0.1) is 0 Å². The van der Waals surface area contributed by atoms with E-state index in [4.69, 9.17) is 25.8 Å². The van der Waals surface area contributed by atoms with Gasteiger partial charge >= 0.3 is 0 Å². The van der Waals surface area contributed by atoms with Gasteiger partial charge in [0.15, 0.2) is 5.78 Å². The third-order valence-corrected chi connectivity index (χ3v) is 5.01. The van der Waals surface area contributed by atoms with E-state index < -0.39 is 0 Å². The van der Waals surface area contributed by atoms with Gasteiger partial charge < -0.3 is 19.3 Å². The lowest BCUT2D eigenvalue weighted by molar-refractivity contribution is 0.0335. The predicted octanol–water partition coefficient (Wildman–Crippen LogP) is 3.79. The third-order valence-electron chi connectivity index (χ3n) is 4.78. The Hall–Kier alpha value is -2.54. The lowest BCUT2D eigenvalue weighted by Gasteiger charge is -2.28. The number of nitrogens with zero attached hydrogens (tertiary/aromatic N) is 1. The number of carbonyl (C=O) groups is 1. The Balaban J connectivity index is 1.95. The molecule has 0 radical (unpaired) electrons. The molecule has 1 N–H and O–H groups in total. The van der Waals surface area contributed by atoms with Crippen molar-refractivity contribution in [3.63, 3.8) is 0 Å². The first kappa shape index (κ1) is 21.2. The van der Waals surface area contributed by atoms with Crippen LogP contribution in [0.1, 0.15) is 21.5 Å². The maximum atomic E-state index is 12.9. The molecule has 1 aliphatic rings. The Kier molecular flexibility index (Phi) is 7.14. The Morgan fingerprint density at radius 3 is 2.59 bits per heavy atom. The normalized spacial score (nSPS) is 14.9. The van der Waals surface area contributed by atoms with Crippen LogP contribution < -0.4 is 9.47 Å². The monoisotopic (exact) mass is 417 g/mol. The summed E-state index contributed by atoms with van der Waals surface area (Å²) in [5.41, 5.74) is 1.44. The zero-order valence-electron chi connectivity index (χ0n) is 16.5. The molecule has 0 saturated carbocycles. The number of benzene rings is 2. The number of hydrogen-bond donors (Lipinski definition) is 1. The summed E-state index contributed by atoms with van der Waals surface area (Å²) in [6.07, 6.45) is 3.05. The maximum Gasteiger partial charge on any atom is 0.193 e. The average Bonchev–Trinajstić information content (AvgIpc) is 2.74. The van der Waals surface area contributed by atoms with E-state index in [-0.39, 0.29) is 22.8 Å². The molecule has 2 aromatic rings. The summed E-state index contributed by atoms with van der Waals surface area (Å²) in [5, 5.41) is 11.5. The summed E-state index contributed by atoms with van der Waals surface area (Å²) < 4.78 is 16.2. The second-order valence-corrected chi connectivity index (χ2v) is 7.06. The van der Waals surface area contributed by atoms with E-state index in [2.05, 4.69) is 4.90 Å². The highest BCUT2D eigenvalue weighted by Gasteiger charge is 2.25. The first-order chi connectivity index (χ1) is 14.0. The highest BCUT2D eigenvalue weighted by molar-refractivity contribution is 6.30. The van der Waals surface area contributed by atoms with Gasteiger partial charge in [-0.05, 0) is 23.8 Å². The van der Waals surface area contributed by atoms with Crippen molar-refractivity contribution in [1.82, 2.24) is 4.90 Å². The van der Waals surface area contributed by atoms with Gasteiger partial charge in [0.05, 0.1) is 33.0 Å². The van der Waals surface area contributed by atoms with E-state index in [0.29, 0.717) is 36.1 Å². The molecule has 0 unspecified atom stereocenters. The number of phenols is 1. The molecule has 1 aliphatic heterocycles. The van der Waals surface area contributed by atoms with Gasteiger partial charge in [0, 0.05) is 30.7 Å². The highest BCUT2D eigenvalue weighted by Crippen LogP contribution is 2.40. The fourth-order valence-electron chi connectivity index (χ4n) is 3.25. The summed E-state index contributed by atoms with van der Waals surface area (Å²) in [5.74, 6) is 0.227. The Bertz CT molecular complexity index is 906. The molecule has 154 valence electrons. The maximum absolute atomic E-state index is 12.9. The molecule has 0 aromatic heterocycles. The van der Waals surface area contributed by atoms with Gasteiger partial charge in [0.1, 0.15) is 22.8 Å². The minimum absolute atomic E-state index is 0.106. The summed E-state index contributed by atoms with van der Waals surface area (Å²) in [6, 6.07) is 8.79. The first-order valence-electron chi connectivity index (χ1n) is 9.28. The van der Waals surface area contributed by atoms with Crippen LogP contribution in [0.15, 0.2) is 36.4 Å². The van der Waals surface area contributed by atoms with Crippen molar-refractivity contribution in [2.45, 2.75) is 6.54 Å². The molecule has 0 aliphatic carbocycles. The van der Waals surface area contributed by atoms with Crippen molar-refractivity contribution >= 4 is 23.5 Å². The largest absolute Gasteiger partial charge is 0.507 e. The third kappa shape index (κ3) is 5.09.